The molecule has 0 spiro atoms. The van der Waals surface area contributed by atoms with Crippen LogP contribution in [0.4, 0.5) is 4.79 Å². The summed E-state index contributed by atoms with van der Waals surface area (Å²) < 4.78 is 5.27. The Hall–Kier alpha value is -3.09. The normalized spacial score (nSPS) is 20.3. The molecule has 29 heavy (non-hydrogen) atoms. The fraction of sp³-hybridized carbons (Fsp3) is 0.409. The van der Waals surface area contributed by atoms with Gasteiger partial charge in [-0.2, -0.15) is 0 Å². The van der Waals surface area contributed by atoms with Gasteiger partial charge in [-0.1, -0.05) is 44.7 Å². The van der Waals surface area contributed by atoms with E-state index in [1.807, 2.05) is 38.1 Å². The molecule has 0 saturated carbocycles. The summed E-state index contributed by atoms with van der Waals surface area (Å²) in [7, 11) is 1.56. The van der Waals surface area contributed by atoms with E-state index in [-0.39, 0.29) is 36.4 Å². The number of fused-ring (bicyclic) bond motifs is 1. The molecule has 2 atom stereocenters. The molecule has 1 fully saturated rings. The van der Waals surface area contributed by atoms with Crippen LogP contribution in [0, 0.1) is 11.8 Å². The molecule has 7 heteroatoms. The van der Waals surface area contributed by atoms with Gasteiger partial charge in [0.05, 0.1) is 12.0 Å². The van der Waals surface area contributed by atoms with Gasteiger partial charge < -0.3 is 20.3 Å². The van der Waals surface area contributed by atoms with Gasteiger partial charge in [0.2, 0.25) is 5.91 Å². The van der Waals surface area contributed by atoms with Gasteiger partial charge in [0.15, 0.2) is 0 Å². The lowest BCUT2D eigenvalue weighted by molar-refractivity contribution is -0.158. The average Bonchev–Trinajstić information content (AvgIpc) is 3.05. The Labute approximate surface area is 170 Å². The van der Waals surface area contributed by atoms with E-state index >= 15 is 0 Å². The molecule has 0 aliphatic carbocycles. The molecular weight excluding hydrogens is 370 g/mol. The smallest absolute Gasteiger partial charge is 0.355 e. The summed E-state index contributed by atoms with van der Waals surface area (Å²) in [5, 5.41) is 5.27. The number of rotatable bonds is 7. The molecule has 2 aliphatic rings. The zero-order chi connectivity index (χ0) is 21.1. The van der Waals surface area contributed by atoms with Gasteiger partial charge in [-0.05, 0) is 35.1 Å². The highest BCUT2D eigenvalue weighted by atomic mass is 16.5. The molecular formula is C22H27N3O4. The van der Waals surface area contributed by atoms with Gasteiger partial charge in [-0.25, -0.2) is 9.59 Å². The van der Waals surface area contributed by atoms with E-state index in [0.717, 1.165) is 16.7 Å². The Morgan fingerprint density at radius 1 is 1.38 bits per heavy atom. The maximum absolute atomic E-state index is 12.8. The van der Waals surface area contributed by atoms with Crippen molar-refractivity contribution in [2.75, 3.05) is 13.7 Å². The Kier molecular flexibility index (Phi) is 6.06. The van der Waals surface area contributed by atoms with E-state index in [1.165, 1.54) is 6.08 Å². The number of ether oxygens (including phenoxy) is 1. The van der Waals surface area contributed by atoms with Crippen LogP contribution in [0.15, 0.2) is 42.6 Å². The number of hydrogen-bond acceptors (Lipinski definition) is 4. The van der Waals surface area contributed by atoms with Crippen molar-refractivity contribution in [2.45, 2.75) is 32.9 Å². The molecule has 2 aliphatic heterocycles. The van der Waals surface area contributed by atoms with Gasteiger partial charge in [0, 0.05) is 13.6 Å². The highest BCUT2D eigenvalue weighted by molar-refractivity contribution is 6.06. The van der Waals surface area contributed by atoms with Gasteiger partial charge >= 0.3 is 12.0 Å². The van der Waals surface area contributed by atoms with Crippen LogP contribution in [0.2, 0.25) is 0 Å². The summed E-state index contributed by atoms with van der Waals surface area (Å²) in [6.07, 6.45) is 2.12. The van der Waals surface area contributed by atoms with Gasteiger partial charge in [-0.15, -0.1) is 0 Å². The van der Waals surface area contributed by atoms with Crippen LogP contribution in [-0.2, 0) is 20.9 Å². The number of amides is 3. The van der Waals surface area contributed by atoms with Crippen LogP contribution < -0.4 is 10.6 Å². The second-order valence-electron chi connectivity index (χ2n) is 7.60. The van der Waals surface area contributed by atoms with Crippen molar-refractivity contribution in [1.29, 1.82) is 0 Å². The molecule has 7 nitrogen and oxygen atoms in total. The molecule has 1 aromatic rings. The summed E-state index contributed by atoms with van der Waals surface area (Å²) in [5.74, 6) is -0.417. The number of β-lactam (4-membered cyclic amide) rings is 1. The van der Waals surface area contributed by atoms with Crippen molar-refractivity contribution in [1.82, 2.24) is 15.5 Å². The molecule has 0 unspecified atom stereocenters. The average molecular weight is 397 g/mol. The van der Waals surface area contributed by atoms with E-state index in [9.17, 15) is 14.4 Å². The number of carbonyl (C=O) groups is 3. The maximum atomic E-state index is 12.8. The first-order chi connectivity index (χ1) is 13.9. The lowest BCUT2D eigenvalue weighted by Crippen LogP contribution is -2.60. The van der Waals surface area contributed by atoms with Crippen LogP contribution in [0.1, 0.15) is 31.4 Å². The first-order valence-corrected chi connectivity index (χ1v) is 9.78. The van der Waals surface area contributed by atoms with E-state index < -0.39 is 5.97 Å². The number of esters is 1. The van der Waals surface area contributed by atoms with Crippen LogP contribution in [0.3, 0.4) is 0 Å². The van der Waals surface area contributed by atoms with Gasteiger partial charge in [-0.3, -0.25) is 4.79 Å². The zero-order valence-corrected chi connectivity index (χ0v) is 17.0. The van der Waals surface area contributed by atoms with Crippen LogP contribution >= 0.6 is 0 Å². The lowest BCUT2D eigenvalue weighted by Gasteiger charge is -2.45. The van der Waals surface area contributed by atoms with Crippen LogP contribution in [0.25, 0.3) is 5.57 Å². The molecule has 0 radical (unpaired) electrons. The third-order valence-corrected chi connectivity index (χ3v) is 5.41. The minimum absolute atomic E-state index is 0.0172. The van der Waals surface area contributed by atoms with Crippen LogP contribution in [0.5, 0.6) is 0 Å². The fourth-order valence-electron chi connectivity index (χ4n) is 4.06. The highest BCUT2D eigenvalue weighted by Gasteiger charge is 2.56. The monoisotopic (exact) mass is 397 g/mol. The summed E-state index contributed by atoms with van der Waals surface area (Å²) in [5.41, 5.74) is 2.90. The summed E-state index contributed by atoms with van der Waals surface area (Å²) >= 11 is 0. The molecule has 0 bridgehead atoms. The van der Waals surface area contributed by atoms with Gasteiger partial charge in [0.25, 0.3) is 0 Å². The van der Waals surface area contributed by atoms with Crippen molar-refractivity contribution >= 4 is 23.5 Å². The van der Waals surface area contributed by atoms with Crippen LogP contribution in [-0.4, -0.2) is 42.5 Å². The number of hydrogen-bond donors (Lipinski definition) is 2. The maximum Gasteiger partial charge on any atom is 0.355 e. The Bertz CT molecular complexity index is 875. The molecule has 1 aromatic carbocycles. The van der Waals surface area contributed by atoms with Crippen molar-refractivity contribution in [2.24, 2.45) is 11.8 Å². The second kappa shape index (κ2) is 8.51. The molecule has 2 N–H and O–H groups in total. The lowest BCUT2D eigenvalue weighted by atomic mass is 9.78. The number of benzene rings is 1. The predicted molar refractivity (Wildman–Crippen MR) is 109 cm³/mol. The first-order valence-electron chi connectivity index (χ1n) is 9.78. The zero-order valence-electron chi connectivity index (χ0n) is 17.0. The Balaban J connectivity index is 1.93. The van der Waals surface area contributed by atoms with Crippen molar-refractivity contribution in [3.05, 3.63) is 53.7 Å². The quantitative estimate of drug-likeness (QED) is 0.420. The molecule has 3 amide bonds. The van der Waals surface area contributed by atoms with Crippen molar-refractivity contribution < 1.29 is 19.1 Å². The second-order valence-corrected chi connectivity index (χ2v) is 7.60. The standard InChI is InChI=1S/C22H27N3O4/c1-5-9-29-21(27)19-16(11-17-18(13(2)3)20(26)25(17)19)15-8-6-7-14(10-15)12-24-22(28)23-4/h5-8,10,13,17-18H,1,9,11-12H2,2-4H3,(H2,23,24,28)/t17-,18-/m1/s1. The molecule has 0 aromatic heterocycles. The minimum atomic E-state index is -0.508. The van der Waals surface area contributed by atoms with E-state index in [1.54, 1.807) is 11.9 Å². The molecule has 1 saturated heterocycles. The largest absolute Gasteiger partial charge is 0.457 e. The molecule has 3 rings (SSSR count). The third-order valence-electron chi connectivity index (χ3n) is 5.41. The Morgan fingerprint density at radius 2 is 2.14 bits per heavy atom. The molecule has 154 valence electrons. The summed E-state index contributed by atoms with van der Waals surface area (Å²) in [4.78, 5) is 38.5. The predicted octanol–water partition coefficient (Wildman–Crippen LogP) is 2.44. The summed E-state index contributed by atoms with van der Waals surface area (Å²) in [6, 6.07) is 7.36. The number of urea groups is 1. The van der Waals surface area contributed by atoms with E-state index in [0.29, 0.717) is 18.7 Å². The van der Waals surface area contributed by atoms with Crippen molar-refractivity contribution in [3.8, 4) is 0 Å². The van der Waals surface area contributed by atoms with Crippen molar-refractivity contribution in [3.63, 3.8) is 0 Å². The highest BCUT2D eigenvalue weighted by Crippen LogP contribution is 2.48. The topological polar surface area (TPSA) is 87.7 Å². The fourth-order valence-corrected chi connectivity index (χ4v) is 4.06. The Morgan fingerprint density at radius 3 is 2.79 bits per heavy atom. The first kappa shape index (κ1) is 20.6. The molecule has 2 heterocycles. The number of nitrogens with one attached hydrogen (secondary N) is 2. The van der Waals surface area contributed by atoms with Gasteiger partial charge in [0.1, 0.15) is 12.3 Å². The van der Waals surface area contributed by atoms with E-state index in [4.69, 9.17) is 4.74 Å². The SMILES string of the molecule is C=CCOC(=O)C1=C(c2cccc(CNC(=O)NC)c2)C[C@@H]2[C@@H](C(C)C)C(=O)N12. The summed E-state index contributed by atoms with van der Waals surface area (Å²) in [6.45, 7) is 8.08. The number of carbonyl (C=O) groups excluding carboxylic acids is 3. The number of nitrogens with zero attached hydrogens (tertiary/aromatic N) is 1. The minimum Gasteiger partial charge on any atom is -0.457 e. The third kappa shape index (κ3) is 3.90. The van der Waals surface area contributed by atoms with E-state index in [2.05, 4.69) is 17.2 Å².